The second-order valence-electron chi connectivity index (χ2n) is 4.90. The van der Waals surface area contributed by atoms with Crippen molar-refractivity contribution in [3.63, 3.8) is 0 Å². The van der Waals surface area contributed by atoms with Crippen LogP contribution in [0, 0.1) is 12.8 Å². The van der Waals surface area contributed by atoms with Crippen molar-refractivity contribution >= 4 is 17.5 Å². The lowest BCUT2D eigenvalue weighted by molar-refractivity contribution is -0.122. The van der Waals surface area contributed by atoms with E-state index in [1.807, 2.05) is 18.5 Å². The summed E-state index contributed by atoms with van der Waals surface area (Å²) < 4.78 is 1.91. The average molecular weight is 285 g/mol. The number of aromatic nitrogens is 2. The summed E-state index contributed by atoms with van der Waals surface area (Å²) in [4.78, 5) is 11.4. The molecule has 1 saturated carbocycles. The zero-order valence-corrected chi connectivity index (χ0v) is 12.3. The average Bonchev–Trinajstić information content (AvgIpc) is 3.20. The number of carbonyl (C=O) groups is 1. The highest BCUT2D eigenvalue weighted by Gasteiger charge is 2.28. The summed E-state index contributed by atoms with van der Waals surface area (Å²) in [7, 11) is 0. The van der Waals surface area contributed by atoms with Gasteiger partial charge in [-0.1, -0.05) is 11.6 Å². The molecule has 1 amide bonds. The van der Waals surface area contributed by atoms with Gasteiger partial charge in [-0.25, -0.2) is 0 Å². The van der Waals surface area contributed by atoms with E-state index < -0.39 is 0 Å². The molecule has 1 aliphatic rings. The number of hydrogen-bond donors (Lipinski definition) is 2. The van der Waals surface area contributed by atoms with Crippen molar-refractivity contribution in [2.75, 3.05) is 13.1 Å². The highest BCUT2D eigenvalue weighted by molar-refractivity contribution is 6.31. The van der Waals surface area contributed by atoms with Gasteiger partial charge in [0.1, 0.15) is 0 Å². The van der Waals surface area contributed by atoms with Crippen molar-refractivity contribution in [1.29, 1.82) is 0 Å². The zero-order chi connectivity index (χ0) is 13.8. The highest BCUT2D eigenvalue weighted by atomic mass is 35.5. The molecule has 19 heavy (non-hydrogen) atoms. The molecule has 2 rings (SSSR count). The minimum Gasteiger partial charge on any atom is -0.355 e. The first kappa shape index (κ1) is 14.3. The summed E-state index contributed by atoms with van der Waals surface area (Å²) in [5.74, 6) is 0.466. The molecular formula is C13H21ClN4O. The van der Waals surface area contributed by atoms with Gasteiger partial charge in [0, 0.05) is 32.1 Å². The fourth-order valence-corrected chi connectivity index (χ4v) is 2.21. The summed E-state index contributed by atoms with van der Waals surface area (Å²) >= 11 is 6.21. The standard InChI is InChI=1S/C13H21ClN4O/c1-3-18-11(12(14)9(2)17-18)8-15-6-7-16-13(19)10-4-5-10/h10,15H,3-8H2,1-2H3,(H,16,19). The summed E-state index contributed by atoms with van der Waals surface area (Å²) in [6.45, 7) is 6.83. The minimum atomic E-state index is 0.189. The van der Waals surface area contributed by atoms with Gasteiger partial charge in [0.25, 0.3) is 0 Å². The van der Waals surface area contributed by atoms with Gasteiger partial charge < -0.3 is 10.6 Å². The number of hydrogen-bond acceptors (Lipinski definition) is 3. The van der Waals surface area contributed by atoms with Gasteiger partial charge >= 0.3 is 0 Å². The number of nitrogens with one attached hydrogen (secondary N) is 2. The topological polar surface area (TPSA) is 59.0 Å². The Morgan fingerprint density at radius 1 is 1.47 bits per heavy atom. The second kappa shape index (κ2) is 6.39. The zero-order valence-electron chi connectivity index (χ0n) is 11.5. The van der Waals surface area contributed by atoms with Gasteiger partial charge in [0.05, 0.1) is 16.4 Å². The van der Waals surface area contributed by atoms with Gasteiger partial charge in [0.2, 0.25) is 5.91 Å². The van der Waals surface area contributed by atoms with Crippen molar-refractivity contribution in [1.82, 2.24) is 20.4 Å². The molecule has 0 unspecified atom stereocenters. The predicted octanol–water partition coefficient (Wildman–Crippen LogP) is 1.48. The molecule has 1 aromatic heterocycles. The van der Waals surface area contributed by atoms with Crippen LogP contribution < -0.4 is 10.6 Å². The van der Waals surface area contributed by atoms with Crippen molar-refractivity contribution in [2.45, 2.75) is 39.8 Å². The lowest BCUT2D eigenvalue weighted by Gasteiger charge is -2.08. The number of nitrogens with zero attached hydrogens (tertiary/aromatic N) is 2. The van der Waals surface area contributed by atoms with E-state index in [4.69, 9.17) is 11.6 Å². The van der Waals surface area contributed by atoms with E-state index in [1.54, 1.807) is 0 Å². The summed E-state index contributed by atoms with van der Waals surface area (Å²) in [6, 6.07) is 0. The molecule has 0 bridgehead atoms. The van der Waals surface area contributed by atoms with Crippen LogP contribution in [0.5, 0.6) is 0 Å². The van der Waals surface area contributed by atoms with Crippen LogP contribution in [-0.4, -0.2) is 28.8 Å². The maximum absolute atomic E-state index is 11.4. The minimum absolute atomic E-state index is 0.189. The van der Waals surface area contributed by atoms with Gasteiger partial charge in [-0.05, 0) is 26.7 Å². The number of halogens is 1. The van der Waals surface area contributed by atoms with Crippen molar-refractivity contribution in [2.24, 2.45) is 5.92 Å². The fraction of sp³-hybridized carbons (Fsp3) is 0.692. The van der Waals surface area contributed by atoms with Crippen LogP contribution in [0.15, 0.2) is 0 Å². The molecule has 0 saturated heterocycles. The molecule has 0 atom stereocenters. The summed E-state index contributed by atoms with van der Waals surface area (Å²) in [5, 5.41) is 11.3. The molecule has 0 radical (unpaired) electrons. The molecule has 106 valence electrons. The Balaban J connectivity index is 1.71. The van der Waals surface area contributed by atoms with E-state index in [9.17, 15) is 4.79 Å². The van der Waals surface area contributed by atoms with Crippen molar-refractivity contribution in [3.05, 3.63) is 16.4 Å². The first-order valence-corrected chi connectivity index (χ1v) is 7.21. The SMILES string of the molecule is CCn1nc(C)c(Cl)c1CNCCNC(=O)C1CC1. The van der Waals surface area contributed by atoms with Crippen molar-refractivity contribution in [3.8, 4) is 0 Å². The van der Waals surface area contributed by atoms with E-state index >= 15 is 0 Å². The molecule has 1 fully saturated rings. The third-order valence-corrected chi connectivity index (χ3v) is 3.79. The molecule has 0 aromatic carbocycles. The number of aryl methyl sites for hydroxylation is 2. The van der Waals surface area contributed by atoms with E-state index in [2.05, 4.69) is 15.7 Å². The smallest absolute Gasteiger partial charge is 0.223 e. The maximum Gasteiger partial charge on any atom is 0.223 e. The van der Waals surface area contributed by atoms with Crippen LogP contribution in [0.2, 0.25) is 5.02 Å². The van der Waals surface area contributed by atoms with Crippen LogP contribution in [0.4, 0.5) is 0 Å². The normalized spacial score (nSPS) is 14.7. The quantitative estimate of drug-likeness (QED) is 0.746. The Labute approximate surface area is 118 Å². The van der Waals surface area contributed by atoms with Gasteiger partial charge in [-0.15, -0.1) is 0 Å². The number of rotatable bonds is 7. The maximum atomic E-state index is 11.4. The monoisotopic (exact) mass is 284 g/mol. The van der Waals surface area contributed by atoms with E-state index in [1.165, 1.54) is 0 Å². The Morgan fingerprint density at radius 3 is 2.84 bits per heavy atom. The van der Waals surface area contributed by atoms with Crippen LogP contribution in [-0.2, 0) is 17.9 Å². The molecule has 5 nitrogen and oxygen atoms in total. The molecular weight excluding hydrogens is 264 g/mol. The van der Waals surface area contributed by atoms with Gasteiger partial charge in [-0.3, -0.25) is 9.48 Å². The van der Waals surface area contributed by atoms with Crippen molar-refractivity contribution < 1.29 is 4.79 Å². The molecule has 0 aliphatic heterocycles. The third kappa shape index (κ3) is 3.70. The first-order chi connectivity index (χ1) is 9.13. The molecule has 1 aliphatic carbocycles. The van der Waals surface area contributed by atoms with Crippen LogP contribution >= 0.6 is 11.6 Å². The number of amides is 1. The van der Waals surface area contributed by atoms with Crippen LogP contribution in [0.1, 0.15) is 31.2 Å². The molecule has 2 N–H and O–H groups in total. The number of carbonyl (C=O) groups excluding carboxylic acids is 1. The Morgan fingerprint density at radius 2 is 2.21 bits per heavy atom. The van der Waals surface area contributed by atoms with Gasteiger partial charge in [0.15, 0.2) is 0 Å². The third-order valence-electron chi connectivity index (χ3n) is 3.29. The predicted molar refractivity (Wildman–Crippen MR) is 75.1 cm³/mol. The molecule has 6 heteroatoms. The summed E-state index contributed by atoms with van der Waals surface area (Å²) in [6.07, 6.45) is 2.09. The highest BCUT2D eigenvalue weighted by Crippen LogP contribution is 2.28. The van der Waals surface area contributed by atoms with E-state index in [0.29, 0.717) is 13.1 Å². The Bertz CT molecular complexity index is 454. The van der Waals surface area contributed by atoms with Crippen LogP contribution in [0.3, 0.4) is 0 Å². The second-order valence-corrected chi connectivity index (χ2v) is 5.28. The lowest BCUT2D eigenvalue weighted by atomic mass is 10.3. The molecule has 1 aromatic rings. The van der Waals surface area contributed by atoms with Crippen LogP contribution in [0.25, 0.3) is 0 Å². The summed E-state index contributed by atoms with van der Waals surface area (Å²) in [5.41, 5.74) is 1.87. The Hall–Kier alpha value is -1.07. The molecule has 0 spiro atoms. The molecule has 1 heterocycles. The van der Waals surface area contributed by atoms with Gasteiger partial charge in [-0.2, -0.15) is 5.10 Å². The fourth-order valence-electron chi connectivity index (χ4n) is 2.01. The Kier molecular flexibility index (Phi) is 4.82. The van der Waals surface area contributed by atoms with E-state index in [0.717, 1.165) is 42.3 Å². The largest absolute Gasteiger partial charge is 0.355 e. The van der Waals surface area contributed by atoms with E-state index in [-0.39, 0.29) is 11.8 Å². The first-order valence-electron chi connectivity index (χ1n) is 6.83. The lowest BCUT2D eigenvalue weighted by Crippen LogP contribution is -2.32.